The van der Waals surface area contributed by atoms with Crippen LogP contribution in [0.5, 0.6) is 0 Å². The van der Waals surface area contributed by atoms with E-state index in [0.717, 1.165) is 0 Å². The van der Waals surface area contributed by atoms with Gasteiger partial charge in [-0.15, -0.1) is 0 Å². The van der Waals surface area contributed by atoms with Crippen LogP contribution in [-0.4, -0.2) is 34.8 Å². The molecule has 0 radical (unpaired) electrons. The van der Waals surface area contributed by atoms with Crippen LogP contribution in [0.4, 0.5) is 0 Å². The average Bonchev–Trinajstić information content (AvgIpc) is 2.42. The van der Waals surface area contributed by atoms with Gasteiger partial charge in [0.1, 0.15) is 6.04 Å². The van der Waals surface area contributed by atoms with Crippen LogP contribution in [0, 0.1) is 0 Å². The molecule has 0 aromatic heterocycles. The molecule has 0 spiro atoms. The maximum atomic E-state index is 12.0. The molecule has 0 fully saturated rings. The zero-order valence-corrected chi connectivity index (χ0v) is 11.0. The van der Waals surface area contributed by atoms with E-state index in [1.807, 2.05) is 0 Å². The topological polar surface area (TPSA) is 153 Å². The smallest absolute Gasteiger partial charge is 0.326 e. The zero-order chi connectivity index (χ0) is 16.0. The van der Waals surface area contributed by atoms with Crippen molar-refractivity contribution < 1.29 is 24.3 Å². The number of carboxylic acids is 1. The molecule has 0 unspecified atom stereocenters. The summed E-state index contributed by atoms with van der Waals surface area (Å²) < 4.78 is 0. The summed E-state index contributed by atoms with van der Waals surface area (Å²) in [6, 6.07) is 4.46. The summed E-state index contributed by atoms with van der Waals surface area (Å²) in [5, 5.41) is 11.2. The van der Waals surface area contributed by atoms with E-state index in [2.05, 4.69) is 5.32 Å². The molecule has 0 bridgehead atoms. The molecule has 0 saturated carbocycles. The van der Waals surface area contributed by atoms with Crippen molar-refractivity contribution in [1.29, 1.82) is 0 Å². The molecular formula is C13H15N3O5. The Morgan fingerprint density at radius 3 is 2.14 bits per heavy atom. The summed E-state index contributed by atoms with van der Waals surface area (Å²) in [4.78, 5) is 45.0. The molecule has 0 aliphatic heterocycles. The maximum Gasteiger partial charge on any atom is 0.326 e. The van der Waals surface area contributed by atoms with E-state index in [9.17, 15) is 19.2 Å². The molecule has 6 N–H and O–H groups in total. The fourth-order valence-corrected chi connectivity index (χ4v) is 1.68. The van der Waals surface area contributed by atoms with Gasteiger partial charge in [-0.25, -0.2) is 4.79 Å². The largest absolute Gasteiger partial charge is 0.480 e. The summed E-state index contributed by atoms with van der Waals surface area (Å²) in [5.74, 6) is -3.54. The first-order valence-corrected chi connectivity index (χ1v) is 6.03. The Morgan fingerprint density at radius 1 is 1.10 bits per heavy atom. The van der Waals surface area contributed by atoms with Crippen LogP contribution in [0.2, 0.25) is 0 Å². The minimum absolute atomic E-state index is 0.0194. The van der Waals surface area contributed by atoms with Gasteiger partial charge in [-0.05, 0) is 18.6 Å². The van der Waals surface area contributed by atoms with Crippen molar-refractivity contribution in [3.8, 4) is 0 Å². The molecule has 8 nitrogen and oxygen atoms in total. The van der Waals surface area contributed by atoms with Crippen LogP contribution in [0.1, 0.15) is 33.6 Å². The lowest BCUT2D eigenvalue weighted by molar-refractivity contribution is -0.139. The predicted octanol–water partition coefficient (Wildman–Crippen LogP) is -0.766. The number of aliphatic carboxylic acids is 1. The van der Waals surface area contributed by atoms with Crippen molar-refractivity contribution in [2.45, 2.75) is 18.9 Å². The van der Waals surface area contributed by atoms with E-state index < -0.39 is 29.7 Å². The molecule has 1 rings (SSSR count). The number of primary amides is 2. The van der Waals surface area contributed by atoms with Crippen molar-refractivity contribution in [3.63, 3.8) is 0 Å². The Kier molecular flexibility index (Phi) is 5.41. The van der Waals surface area contributed by atoms with Gasteiger partial charge in [-0.2, -0.15) is 0 Å². The van der Waals surface area contributed by atoms with Gasteiger partial charge in [0.15, 0.2) is 0 Å². The van der Waals surface area contributed by atoms with Crippen LogP contribution in [0.15, 0.2) is 24.3 Å². The quantitative estimate of drug-likeness (QED) is 0.520. The molecule has 0 saturated heterocycles. The van der Waals surface area contributed by atoms with Crippen LogP contribution in [0.3, 0.4) is 0 Å². The third-order valence-corrected chi connectivity index (χ3v) is 2.72. The Hall–Kier alpha value is -2.90. The third-order valence-electron chi connectivity index (χ3n) is 2.72. The lowest BCUT2D eigenvalue weighted by atomic mass is 10.1. The molecular weight excluding hydrogens is 278 g/mol. The molecule has 1 aromatic rings. The Labute approximate surface area is 120 Å². The van der Waals surface area contributed by atoms with Crippen molar-refractivity contribution in [3.05, 3.63) is 35.4 Å². The summed E-state index contributed by atoms with van der Waals surface area (Å²) in [6.45, 7) is 0. The van der Waals surface area contributed by atoms with Gasteiger partial charge >= 0.3 is 5.97 Å². The zero-order valence-electron chi connectivity index (χ0n) is 11.0. The molecule has 1 aromatic carbocycles. The van der Waals surface area contributed by atoms with Crippen molar-refractivity contribution in [2.24, 2.45) is 11.5 Å². The molecule has 0 heterocycles. The molecule has 8 heteroatoms. The highest BCUT2D eigenvalue weighted by Crippen LogP contribution is 2.09. The van der Waals surface area contributed by atoms with E-state index in [0.29, 0.717) is 0 Å². The van der Waals surface area contributed by atoms with Crippen LogP contribution >= 0.6 is 0 Å². The van der Waals surface area contributed by atoms with Gasteiger partial charge < -0.3 is 21.9 Å². The van der Waals surface area contributed by atoms with Crippen LogP contribution in [-0.2, 0) is 9.59 Å². The highest BCUT2D eigenvalue weighted by atomic mass is 16.4. The van der Waals surface area contributed by atoms with Crippen LogP contribution in [0.25, 0.3) is 0 Å². The van der Waals surface area contributed by atoms with E-state index in [1.165, 1.54) is 24.3 Å². The minimum atomic E-state index is -1.30. The number of nitrogens with two attached hydrogens (primary N) is 2. The number of hydrogen-bond donors (Lipinski definition) is 4. The van der Waals surface area contributed by atoms with Crippen molar-refractivity contribution in [1.82, 2.24) is 5.32 Å². The number of carbonyl (C=O) groups excluding carboxylic acids is 3. The Morgan fingerprint density at radius 2 is 1.67 bits per heavy atom. The number of amides is 3. The summed E-state index contributed by atoms with van der Waals surface area (Å²) in [6.07, 6.45) is -0.330. The summed E-state index contributed by atoms with van der Waals surface area (Å²) >= 11 is 0. The van der Waals surface area contributed by atoms with Crippen molar-refractivity contribution in [2.75, 3.05) is 0 Å². The number of carboxylic acid groups (broad SMARTS) is 1. The lowest BCUT2D eigenvalue weighted by Gasteiger charge is -2.14. The Bertz CT molecular complexity index is 585. The first-order valence-electron chi connectivity index (χ1n) is 6.03. The van der Waals surface area contributed by atoms with Gasteiger partial charge in [0, 0.05) is 6.42 Å². The van der Waals surface area contributed by atoms with E-state index in [-0.39, 0.29) is 24.0 Å². The standard InChI is InChI=1S/C13H15N3O5/c14-10(17)6-5-9(13(20)21)16-12(19)8-4-2-1-3-7(8)11(15)18/h1-4,9H,5-6H2,(H2,14,17)(H2,15,18)(H,16,19)(H,20,21)/t9-/m0/s1. The second-order valence-corrected chi connectivity index (χ2v) is 4.28. The van der Waals surface area contributed by atoms with Gasteiger partial charge in [-0.3, -0.25) is 14.4 Å². The molecule has 1 atom stereocenters. The van der Waals surface area contributed by atoms with Gasteiger partial charge in [-0.1, -0.05) is 12.1 Å². The average molecular weight is 293 g/mol. The number of benzene rings is 1. The van der Waals surface area contributed by atoms with Crippen LogP contribution < -0.4 is 16.8 Å². The monoisotopic (exact) mass is 293 g/mol. The molecule has 21 heavy (non-hydrogen) atoms. The normalized spacial score (nSPS) is 11.4. The number of carbonyl (C=O) groups is 4. The Balaban J connectivity index is 2.90. The van der Waals surface area contributed by atoms with E-state index >= 15 is 0 Å². The number of rotatable bonds is 7. The SMILES string of the molecule is NC(=O)CC[C@H](NC(=O)c1ccccc1C(N)=O)C(=O)O. The summed E-state index contributed by atoms with van der Waals surface area (Å²) in [5.41, 5.74) is 10.0. The molecule has 0 aliphatic rings. The highest BCUT2D eigenvalue weighted by Gasteiger charge is 2.23. The number of hydrogen-bond acceptors (Lipinski definition) is 4. The first kappa shape index (κ1) is 16.2. The molecule has 0 aliphatic carbocycles. The number of nitrogens with one attached hydrogen (secondary N) is 1. The first-order chi connectivity index (χ1) is 9.82. The third kappa shape index (κ3) is 4.60. The summed E-state index contributed by atoms with van der Waals surface area (Å²) in [7, 11) is 0. The lowest BCUT2D eigenvalue weighted by Crippen LogP contribution is -2.42. The second kappa shape index (κ2) is 7.04. The minimum Gasteiger partial charge on any atom is -0.480 e. The van der Waals surface area contributed by atoms with Crippen molar-refractivity contribution >= 4 is 23.7 Å². The van der Waals surface area contributed by atoms with E-state index in [4.69, 9.17) is 16.6 Å². The maximum absolute atomic E-state index is 12.0. The van der Waals surface area contributed by atoms with Gasteiger partial charge in [0.25, 0.3) is 5.91 Å². The fourth-order valence-electron chi connectivity index (χ4n) is 1.68. The highest BCUT2D eigenvalue weighted by molar-refractivity contribution is 6.07. The van der Waals surface area contributed by atoms with E-state index in [1.54, 1.807) is 0 Å². The molecule has 112 valence electrons. The fraction of sp³-hybridized carbons (Fsp3) is 0.231. The second-order valence-electron chi connectivity index (χ2n) is 4.28. The molecule has 3 amide bonds. The van der Waals surface area contributed by atoms with Gasteiger partial charge in [0.2, 0.25) is 11.8 Å². The predicted molar refractivity (Wildman–Crippen MR) is 72.3 cm³/mol. The van der Waals surface area contributed by atoms with Gasteiger partial charge in [0.05, 0.1) is 11.1 Å².